The Kier molecular flexibility index (Phi) is 4.45. The molecule has 1 aliphatic rings. The number of benzene rings is 1. The fraction of sp³-hybridized carbons (Fsp3) is 0.533. The fourth-order valence-electron chi connectivity index (χ4n) is 3.01. The van der Waals surface area contributed by atoms with E-state index in [9.17, 15) is 14.9 Å². The first kappa shape index (κ1) is 15.3. The highest BCUT2D eigenvalue weighted by molar-refractivity contribution is 5.95. The number of carboxylic acids is 1. The van der Waals surface area contributed by atoms with Gasteiger partial charge in [0.25, 0.3) is 0 Å². The van der Waals surface area contributed by atoms with Gasteiger partial charge in [-0.25, -0.2) is 4.79 Å². The molecule has 6 nitrogen and oxygen atoms in total. The number of nitrogens with zero attached hydrogens (tertiary/aromatic N) is 1. The number of nitro benzene ring substituents is 1. The van der Waals surface area contributed by atoms with Gasteiger partial charge in [0.2, 0.25) is 0 Å². The summed E-state index contributed by atoms with van der Waals surface area (Å²) in [7, 11) is 0. The van der Waals surface area contributed by atoms with Crippen LogP contribution in [0.15, 0.2) is 18.2 Å². The zero-order valence-corrected chi connectivity index (χ0v) is 12.2. The van der Waals surface area contributed by atoms with Crippen molar-refractivity contribution in [2.24, 2.45) is 11.8 Å². The molecule has 6 heteroatoms. The molecule has 3 unspecified atom stereocenters. The van der Waals surface area contributed by atoms with Gasteiger partial charge in [-0.1, -0.05) is 32.8 Å². The normalized spacial score (nSPS) is 25.3. The second-order valence-electron chi connectivity index (χ2n) is 5.78. The Morgan fingerprint density at radius 1 is 1.38 bits per heavy atom. The molecule has 0 saturated heterocycles. The summed E-state index contributed by atoms with van der Waals surface area (Å²) in [6, 6.07) is 4.52. The van der Waals surface area contributed by atoms with Crippen molar-refractivity contribution in [3.8, 4) is 0 Å². The van der Waals surface area contributed by atoms with Crippen molar-refractivity contribution in [3.63, 3.8) is 0 Å². The van der Waals surface area contributed by atoms with E-state index in [1.54, 1.807) is 6.07 Å². The lowest BCUT2D eigenvalue weighted by Gasteiger charge is -2.35. The largest absolute Gasteiger partial charge is 0.477 e. The predicted molar refractivity (Wildman–Crippen MR) is 79.6 cm³/mol. The molecule has 1 aliphatic carbocycles. The Morgan fingerprint density at radius 3 is 2.71 bits per heavy atom. The quantitative estimate of drug-likeness (QED) is 0.654. The number of para-hydroxylation sites is 1. The molecular formula is C15H20N2O4. The molecule has 0 aliphatic heterocycles. The summed E-state index contributed by atoms with van der Waals surface area (Å²) in [4.78, 5) is 21.8. The van der Waals surface area contributed by atoms with Crippen molar-refractivity contribution in [2.45, 2.75) is 39.2 Å². The van der Waals surface area contributed by atoms with E-state index in [0.29, 0.717) is 17.5 Å². The SMILES string of the molecule is CC1CCCC(Nc2cccc(C(=O)O)c2[N+](=O)[O-])C1C. The van der Waals surface area contributed by atoms with Crippen LogP contribution in [0.25, 0.3) is 0 Å². The topological polar surface area (TPSA) is 92.5 Å². The summed E-state index contributed by atoms with van der Waals surface area (Å²) >= 11 is 0. The molecule has 2 rings (SSSR count). The summed E-state index contributed by atoms with van der Waals surface area (Å²) in [5.41, 5.74) is -0.331. The minimum absolute atomic E-state index is 0.136. The summed E-state index contributed by atoms with van der Waals surface area (Å²) in [5, 5.41) is 23.5. The van der Waals surface area contributed by atoms with Crippen molar-refractivity contribution in [2.75, 3.05) is 5.32 Å². The second kappa shape index (κ2) is 6.11. The van der Waals surface area contributed by atoms with Crippen LogP contribution in [0, 0.1) is 22.0 Å². The lowest BCUT2D eigenvalue weighted by molar-refractivity contribution is -0.384. The first-order valence-corrected chi connectivity index (χ1v) is 7.19. The zero-order chi connectivity index (χ0) is 15.6. The molecular weight excluding hydrogens is 272 g/mol. The van der Waals surface area contributed by atoms with Crippen molar-refractivity contribution >= 4 is 17.3 Å². The third-order valence-corrected chi connectivity index (χ3v) is 4.50. The number of nitrogens with one attached hydrogen (secondary N) is 1. The third-order valence-electron chi connectivity index (χ3n) is 4.50. The van der Waals surface area contributed by atoms with E-state index in [0.717, 1.165) is 19.3 Å². The molecule has 0 amide bonds. The summed E-state index contributed by atoms with van der Waals surface area (Å²) in [6.07, 6.45) is 3.19. The first-order valence-electron chi connectivity index (χ1n) is 7.19. The van der Waals surface area contributed by atoms with Gasteiger partial charge in [-0.05, 0) is 30.4 Å². The Morgan fingerprint density at radius 2 is 2.10 bits per heavy atom. The highest BCUT2D eigenvalue weighted by atomic mass is 16.6. The minimum Gasteiger partial charge on any atom is -0.477 e. The van der Waals surface area contributed by atoms with Gasteiger partial charge < -0.3 is 10.4 Å². The number of rotatable bonds is 4. The highest BCUT2D eigenvalue weighted by Crippen LogP contribution is 2.35. The molecule has 0 radical (unpaired) electrons. The van der Waals surface area contributed by atoms with Crippen LogP contribution in [-0.2, 0) is 0 Å². The van der Waals surface area contributed by atoms with Gasteiger partial charge in [0.15, 0.2) is 0 Å². The average Bonchev–Trinajstić information content (AvgIpc) is 2.43. The summed E-state index contributed by atoms with van der Waals surface area (Å²) < 4.78 is 0. The second-order valence-corrected chi connectivity index (χ2v) is 5.78. The van der Waals surface area contributed by atoms with E-state index in [2.05, 4.69) is 19.2 Å². The van der Waals surface area contributed by atoms with Crippen LogP contribution in [0.1, 0.15) is 43.5 Å². The van der Waals surface area contributed by atoms with Gasteiger partial charge in [0.05, 0.1) is 4.92 Å². The molecule has 1 fully saturated rings. The fourth-order valence-corrected chi connectivity index (χ4v) is 3.01. The first-order chi connectivity index (χ1) is 9.91. The Bertz CT molecular complexity index is 559. The van der Waals surface area contributed by atoms with E-state index in [1.165, 1.54) is 12.1 Å². The molecule has 1 saturated carbocycles. The van der Waals surface area contributed by atoms with E-state index >= 15 is 0 Å². The number of anilines is 1. The van der Waals surface area contributed by atoms with Crippen molar-refractivity contribution in [1.82, 2.24) is 0 Å². The molecule has 0 aromatic heterocycles. The number of hydrogen-bond donors (Lipinski definition) is 2. The van der Waals surface area contributed by atoms with Crippen LogP contribution in [-0.4, -0.2) is 22.0 Å². The smallest absolute Gasteiger partial charge is 0.342 e. The molecule has 1 aromatic carbocycles. The monoisotopic (exact) mass is 292 g/mol. The van der Waals surface area contributed by atoms with Crippen LogP contribution in [0.2, 0.25) is 0 Å². The van der Waals surface area contributed by atoms with E-state index in [4.69, 9.17) is 5.11 Å². The molecule has 114 valence electrons. The van der Waals surface area contributed by atoms with Crippen LogP contribution in [0.5, 0.6) is 0 Å². The van der Waals surface area contributed by atoms with Gasteiger partial charge in [-0.15, -0.1) is 0 Å². The average molecular weight is 292 g/mol. The number of aromatic carboxylic acids is 1. The summed E-state index contributed by atoms with van der Waals surface area (Å²) in [6.45, 7) is 4.31. The highest BCUT2D eigenvalue weighted by Gasteiger charge is 2.30. The lowest BCUT2D eigenvalue weighted by atomic mass is 9.78. The maximum atomic E-state index is 11.2. The van der Waals surface area contributed by atoms with E-state index in [-0.39, 0.29) is 17.3 Å². The van der Waals surface area contributed by atoms with Gasteiger partial charge in [-0.2, -0.15) is 0 Å². The molecule has 2 N–H and O–H groups in total. The number of nitro groups is 1. The number of carbonyl (C=O) groups is 1. The molecule has 0 spiro atoms. The van der Waals surface area contributed by atoms with Crippen molar-refractivity contribution < 1.29 is 14.8 Å². The van der Waals surface area contributed by atoms with Gasteiger partial charge in [0.1, 0.15) is 11.3 Å². The zero-order valence-electron chi connectivity index (χ0n) is 12.2. The predicted octanol–water partition coefficient (Wildman–Crippen LogP) is 3.53. The van der Waals surface area contributed by atoms with Crippen LogP contribution >= 0.6 is 0 Å². The standard InChI is InChI=1S/C15H20N2O4/c1-9-5-3-7-12(10(9)2)16-13-8-4-6-11(15(18)19)14(13)17(20)21/h4,6,8-10,12,16H,3,5,7H2,1-2H3,(H,18,19). The van der Waals surface area contributed by atoms with Gasteiger partial charge >= 0.3 is 11.7 Å². The molecule has 21 heavy (non-hydrogen) atoms. The number of hydrogen-bond acceptors (Lipinski definition) is 4. The summed E-state index contributed by atoms with van der Waals surface area (Å²) in [5.74, 6) is -0.333. The van der Waals surface area contributed by atoms with Gasteiger partial charge in [0, 0.05) is 6.04 Å². The Balaban J connectivity index is 2.33. The molecule has 0 bridgehead atoms. The van der Waals surface area contributed by atoms with Crippen molar-refractivity contribution in [3.05, 3.63) is 33.9 Å². The maximum Gasteiger partial charge on any atom is 0.342 e. The minimum atomic E-state index is -1.28. The van der Waals surface area contributed by atoms with Crippen LogP contribution < -0.4 is 5.32 Å². The van der Waals surface area contributed by atoms with Crippen LogP contribution in [0.3, 0.4) is 0 Å². The van der Waals surface area contributed by atoms with E-state index in [1.807, 2.05) is 0 Å². The maximum absolute atomic E-state index is 11.2. The Labute approximate surface area is 123 Å². The molecule has 1 aromatic rings. The Hall–Kier alpha value is -2.11. The van der Waals surface area contributed by atoms with Crippen LogP contribution in [0.4, 0.5) is 11.4 Å². The third kappa shape index (κ3) is 3.15. The van der Waals surface area contributed by atoms with Crippen molar-refractivity contribution in [1.29, 1.82) is 0 Å². The molecule has 0 heterocycles. The molecule has 3 atom stereocenters. The van der Waals surface area contributed by atoms with Gasteiger partial charge in [-0.3, -0.25) is 10.1 Å². The van der Waals surface area contributed by atoms with E-state index < -0.39 is 10.9 Å². The lowest BCUT2D eigenvalue weighted by Crippen LogP contribution is -2.35. The number of carboxylic acid groups (broad SMARTS) is 1.